The molecule has 2 fully saturated rings. The van der Waals surface area contributed by atoms with Gasteiger partial charge in [-0.1, -0.05) is 6.07 Å². The van der Waals surface area contributed by atoms with Gasteiger partial charge in [-0.3, -0.25) is 9.88 Å². The van der Waals surface area contributed by atoms with Crippen molar-refractivity contribution in [1.29, 1.82) is 0 Å². The number of nitrogens with zero attached hydrogens (tertiary/aromatic N) is 3. The van der Waals surface area contributed by atoms with Crippen LogP contribution in [0, 0.1) is 0 Å². The molecule has 120 valence electrons. The predicted octanol–water partition coefficient (Wildman–Crippen LogP) is 2.32. The van der Waals surface area contributed by atoms with Crippen LogP contribution in [0.4, 0.5) is 5.82 Å². The van der Waals surface area contributed by atoms with Crippen LogP contribution in [-0.4, -0.2) is 46.2 Å². The van der Waals surface area contributed by atoms with E-state index < -0.39 is 0 Å². The first-order chi connectivity index (χ1) is 11.3. The van der Waals surface area contributed by atoms with E-state index in [2.05, 4.69) is 32.3 Å². The highest BCUT2D eigenvalue weighted by Gasteiger charge is 2.45. The second-order valence-corrected chi connectivity index (χ2v) is 6.57. The topological polar surface area (TPSA) is 50.3 Å². The first kappa shape index (κ1) is 14.6. The summed E-state index contributed by atoms with van der Waals surface area (Å²) < 4.78 is 6.21. The number of hydrogen-bond acceptors (Lipinski definition) is 5. The van der Waals surface area contributed by atoms with E-state index in [0.717, 1.165) is 44.9 Å². The Morgan fingerprint density at radius 2 is 2.13 bits per heavy atom. The van der Waals surface area contributed by atoms with E-state index in [0.29, 0.717) is 6.04 Å². The number of nitrogens with one attached hydrogen (secondary N) is 1. The summed E-state index contributed by atoms with van der Waals surface area (Å²) in [4.78, 5) is 10.9. The molecule has 0 radical (unpaired) electrons. The van der Waals surface area contributed by atoms with Gasteiger partial charge in [0, 0.05) is 44.6 Å². The Bertz CT molecular complexity index is 576. The number of anilines is 1. The van der Waals surface area contributed by atoms with Crippen molar-refractivity contribution in [3.05, 3.63) is 54.5 Å². The Morgan fingerprint density at radius 1 is 1.22 bits per heavy atom. The van der Waals surface area contributed by atoms with Gasteiger partial charge in [-0.15, -0.1) is 0 Å². The van der Waals surface area contributed by atoms with Crippen molar-refractivity contribution in [2.45, 2.75) is 31.0 Å². The minimum absolute atomic E-state index is 0.0134. The Labute approximate surface area is 136 Å². The largest absolute Gasteiger partial charge is 0.371 e. The lowest BCUT2D eigenvalue weighted by atomic mass is 9.97. The van der Waals surface area contributed by atoms with Crippen molar-refractivity contribution in [2.24, 2.45) is 0 Å². The molecule has 23 heavy (non-hydrogen) atoms. The third kappa shape index (κ3) is 3.35. The van der Waals surface area contributed by atoms with E-state index in [-0.39, 0.29) is 5.60 Å². The molecule has 2 aromatic heterocycles. The minimum atomic E-state index is 0.0134. The lowest BCUT2D eigenvalue weighted by molar-refractivity contribution is 0.0120. The molecule has 1 N–H and O–H groups in total. The minimum Gasteiger partial charge on any atom is -0.371 e. The van der Waals surface area contributed by atoms with Crippen LogP contribution in [0.5, 0.6) is 0 Å². The summed E-state index contributed by atoms with van der Waals surface area (Å²) in [7, 11) is 0. The number of aromatic nitrogens is 2. The van der Waals surface area contributed by atoms with E-state index in [1.165, 1.54) is 5.56 Å². The average molecular weight is 310 g/mol. The van der Waals surface area contributed by atoms with E-state index in [4.69, 9.17) is 4.74 Å². The van der Waals surface area contributed by atoms with Crippen LogP contribution in [0.3, 0.4) is 0 Å². The van der Waals surface area contributed by atoms with Crippen LogP contribution in [0.1, 0.15) is 18.4 Å². The first-order valence-electron chi connectivity index (χ1n) is 8.24. The third-order valence-electron chi connectivity index (χ3n) is 4.78. The predicted molar refractivity (Wildman–Crippen MR) is 89.1 cm³/mol. The van der Waals surface area contributed by atoms with E-state index >= 15 is 0 Å². The molecular formula is C18H22N4O. The number of pyridine rings is 2. The zero-order valence-electron chi connectivity index (χ0n) is 13.2. The second-order valence-electron chi connectivity index (χ2n) is 6.57. The van der Waals surface area contributed by atoms with Gasteiger partial charge in [-0.25, -0.2) is 4.98 Å². The van der Waals surface area contributed by atoms with Crippen molar-refractivity contribution < 1.29 is 4.74 Å². The third-order valence-corrected chi connectivity index (χ3v) is 4.78. The molecule has 1 spiro atoms. The second kappa shape index (κ2) is 6.26. The maximum Gasteiger partial charge on any atom is 0.126 e. The smallest absolute Gasteiger partial charge is 0.126 e. The molecule has 0 saturated carbocycles. The molecule has 2 unspecified atom stereocenters. The lowest BCUT2D eigenvalue weighted by Crippen LogP contribution is -2.33. The van der Waals surface area contributed by atoms with Gasteiger partial charge in [0.05, 0.1) is 18.2 Å². The monoisotopic (exact) mass is 310 g/mol. The van der Waals surface area contributed by atoms with Crippen molar-refractivity contribution in [1.82, 2.24) is 14.9 Å². The number of hydrogen-bond donors (Lipinski definition) is 1. The van der Waals surface area contributed by atoms with Crippen LogP contribution in [-0.2, 0) is 11.3 Å². The molecule has 4 rings (SSSR count). The van der Waals surface area contributed by atoms with Crippen LogP contribution < -0.4 is 5.32 Å². The van der Waals surface area contributed by atoms with E-state index in [1.54, 1.807) is 0 Å². The zero-order valence-corrected chi connectivity index (χ0v) is 13.2. The quantitative estimate of drug-likeness (QED) is 0.939. The van der Waals surface area contributed by atoms with Crippen molar-refractivity contribution >= 4 is 5.82 Å². The van der Waals surface area contributed by atoms with Crippen LogP contribution in [0.15, 0.2) is 48.9 Å². The van der Waals surface area contributed by atoms with Gasteiger partial charge >= 0.3 is 0 Å². The van der Waals surface area contributed by atoms with E-state index in [9.17, 15) is 0 Å². The van der Waals surface area contributed by atoms with Crippen molar-refractivity contribution in [3.8, 4) is 0 Å². The Hall–Kier alpha value is -1.98. The summed E-state index contributed by atoms with van der Waals surface area (Å²) >= 11 is 0. The van der Waals surface area contributed by atoms with Gasteiger partial charge in [0.15, 0.2) is 0 Å². The molecule has 0 bridgehead atoms. The van der Waals surface area contributed by atoms with Gasteiger partial charge in [-0.2, -0.15) is 0 Å². The summed E-state index contributed by atoms with van der Waals surface area (Å²) in [6.45, 7) is 3.85. The molecule has 0 amide bonds. The van der Waals surface area contributed by atoms with Gasteiger partial charge in [0.2, 0.25) is 0 Å². The Balaban J connectivity index is 1.34. The standard InChI is InChI=1S/C18H22N4O/c1-2-7-20-17(3-1)21-16-11-18(23-13-16)6-10-22(14-18)12-15-4-8-19-9-5-15/h1-5,7-9,16H,6,10-14H2,(H,20,21). The number of rotatable bonds is 4. The molecule has 2 saturated heterocycles. The summed E-state index contributed by atoms with van der Waals surface area (Å²) in [5.41, 5.74) is 1.33. The maximum absolute atomic E-state index is 6.21. The molecule has 5 heteroatoms. The summed E-state index contributed by atoms with van der Waals surface area (Å²) in [6, 6.07) is 10.5. The van der Waals surface area contributed by atoms with Gasteiger partial charge in [0.1, 0.15) is 5.82 Å². The molecule has 4 heterocycles. The maximum atomic E-state index is 6.21. The molecule has 2 aliphatic rings. The van der Waals surface area contributed by atoms with Crippen molar-refractivity contribution in [2.75, 3.05) is 25.0 Å². The van der Waals surface area contributed by atoms with Crippen LogP contribution in [0.25, 0.3) is 0 Å². The molecule has 2 atom stereocenters. The highest BCUT2D eigenvalue weighted by atomic mass is 16.5. The fraction of sp³-hybridized carbons (Fsp3) is 0.444. The van der Waals surface area contributed by atoms with Gasteiger partial charge in [0.25, 0.3) is 0 Å². The fourth-order valence-corrected chi connectivity index (χ4v) is 3.69. The normalized spacial score (nSPS) is 27.6. The molecule has 2 aromatic rings. The van der Waals surface area contributed by atoms with Crippen molar-refractivity contribution in [3.63, 3.8) is 0 Å². The van der Waals surface area contributed by atoms with Gasteiger partial charge in [-0.05, 0) is 36.2 Å². The molecule has 0 aliphatic carbocycles. The zero-order chi connectivity index (χ0) is 15.5. The number of ether oxygens (including phenoxy) is 1. The first-order valence-corrected chi connectivity index (χ1v) is 8.24. The number of likely N-dealkylation sites (tertiary alicyclic amines) is 1. The summed E-state index contributed by atoms with van der Waals surface area (Å²) in [5.74, 6) is 0.935. The Morgan fingerprint density at radius 3 is 2.96 bits per heavy atom. The van der Waals surface area contributed by atoms with E-state index in [1.807, 2.05) is 36.8 Å². The fourth-order valence-electron chi connectivity index (χ4n) is 3.69. The lowest BCUT2D eigenvalue weighted by Gasteiger charge is -2.23. The molecular weight excluding hydrogens is 288 g/mol. The molecule has 2 aliphatic heterocycles. The summed E-state index contributed by atoms with van der Waals surface area (Å²) in [5, 5.41) is 3.49. The molecule has 5 nitrogen and oxygen atoms in total. The van der Waals surface area contributed by atoms with Crippen LogP contribution in [0.2, 0.25) is 0 Å². The highest BCUT2D eigenvalue weighted by molar-refractivity contribution is 5.35. The highest BCUT2D eigenvalue weighted by Crippen LogP contribution is 2.36. The van der Waals surface area contributed by atoms with Gasteiger partial charge < -0.3 is 10.1 Å². The molecule has 0 aromatic carbocycles. The average Bonchev–Trinajstić information content (AvgIpc) is 3.16. The SMILES string of the molecule is c1ccc(NC2COC3(CCN(Cc4ccncc4)C3)C2)nc1. The van der Waals surface area contributed by atoms with Crippen LogP contribution >= 0.6 is 0 Å². The Kier molecular flexibility index (Phi) is 3.97. The summed E-state index contributed by atoms with van der Waals surface area (Å²) in [6.07, 6.45) is 7.70.